The average Bonchev–Trinajstić information content (AvgIpc) is 2.11. The van der Waals surface area contributed by atoms with Crippen LogP contribution in [0.1, 0.15) is 0 Å². The van der Waals surface area contributed by atoms with E-state index in [1.54, 1.807) is 0 Å². The molecule has 82 valence electrons. The molecule has 0 saturated heterocycles. The van der Waals surface area contributed by atoms with Crippen LogP contribution in [-0.4, -0.2) is 35.5 Å². The van der Waals surface area contributed by atoms with Gasteiger partial charge in [0.15, 0.2) is 0 Å². The predicted octanol–water partition coefficient (Wildman–Crippen LogP) is -9.47. The van der Waals surface area contributed by atoms with E-state index in [1.165, 1.54) is 0 Å². The fourth-order valence-electron chi connectivity index (χ4n) is 0.379. The average molecular weight is 284 g/mol. The first-order chi connectivity index (χ1) is 6.45. The Morgan fingerprint density at radius 3 is 1.38 bits per heavy atom. The van der Waals surface area contributed by atoms with Gasteiger partial charge in [0.05, 0.1) is 24.0 Å². The molecule has 0 heterocycles. The van der Waals surface area contributed by atoms with Gasteiger partial charge < -0.3 is 31.3 Å². The Bertz CT molecular complexity index is 201. The number of aliphatic carboxylic acids is 2. The van der Waals surface area contributed by atoms with Gasteiger partial charge >= 0.3 is 59.1 Å². The van der Waals surface area contributed by atoms with Crippen LogP contribution in [0.15, 0.2) is 0 Å². The second-order valence-corrected chi connectivity index (χ2v) is 4.97. The van der Waals surface area contributed by atoms with Crippen molar-refractivity contribution in [1.82, 2.24) is 0 Å². The van der Waals surface area contributed by atoms with Crippen molar-refractivity contribution in [2.24, 2.45) is 11.5 Å². The van der Waals surface area contributed by atoms with E-state index in [-0.39, 0.29) is 70.6 Å². The summed E-state index contributed by atoms with van der Waals surface area (Å²) in [6.45, 7) is 0. The summed E-state index contributed by atoms with van der Waals surface area (Å²) in [4.78, 5) is 20.3. The van der Waals surface area contributed by atoms with Gasteiger partial charge in [0.1, 0.15) is 0 Å². The number of hydrogen-bond acceptors (Lipinski definition) is 8. The summed E-state index contributed by atoms with van der Waals surface area (Å²) in [5, 5.41) is 20.3. The smallest absolute Gasteiger partial charge is 0.548 e. The second-order valence-electron chi connectivity index (χ2n) is 2.42. The zero-order valence-corrected chi connectivity index (χ0v) is 14.8. The third kappa shape index (κ3) is 12.0. The van der Waals surface area contributed by atoms with Crippen LogP contribution < -0.4 is 80.8 Å². The van der Waals surface area contributed by atoms with Gasteiger partial charge in [-0.05, 0) is 0 Å². The van der Waals surface area contributed by atoms with E-state index in [4.69, 9.17) is 11.5 Å². The first-order valence-electron chi connectivity index (χ1n) is 3.62. The molecule has 0 unspecified atom stereocenters. The molecule has 0 saturated carbocycles. The SMILES string of the molecule is N[C@H](CSSC[C@H](N)C(=O)[O-])C(=O)[O-].[Na+].[Na+]. The van der Waals surface area contributed by atoms with Crippen LogP contribution >= 0.6 is 21.6 Å². The van der Waals surface area contributed by atoms with Crippen molar-refractivity contribution in [2.75, 3.05) is 11.5 Å². The van der Waals surface area contributed by atoms with Gasteiger partial charge in [0.2, 0.25) is 0 Å². The molecular weight excluding hydrogens is 274 g/mol. The predicted molar refractivity (Wildman–Crippen MR) is 50.9 cm³/mol. The van der Waals surface area contributed by atoms with Gasteiger partial charge in [-0.25, -0.2) is 0 Å². The Balaban J connectivity index is -0.000000845. The Labute approximate surface area is 146 Å². The van der Waals surface area contributed by atoms with Crippen molar-refractivity contribution in [2.45, 2.75) is 12.1 Å². The van der Waals surface area contributed by atoms with Crippen LogP contribution in [0.5, 0.6) is 0 Å². The molecule has 2 atom stereocenters. The van der Waals surface area contributed by atoms with Gasteiger partial charge in [-0.3, -0.25) is 0 Å². The Kier molecular flexibility index (Phi) is 18.5. The molecule has 10 heteroatoms. The Hall–Kier alpha value is 1.56. The summed E-state index contributed by atoms with van der Waals surface area (Å²) in [7, 11) is 2.27. The van der Waals surface area contributed by atoms with Crippen LogP contribution in [0, 0.1) is 0 Å². The number of rotatable bonds is 7. The van der Waals surface area contributed by atoms with Gasteiger partial charge in [-0.2, -0.15) is 0 Å². The molecule has 0 aromatic carbocycles. The normalized spacial score (nSPS) is 12.9. The molecule has 0 radical (unpaired) electrons. The molecule has 16 heavy (non-hydrogen) atoms. The number of carbonyl (C=O) groups excluding carboxylic acids is 2. The fourth-order valence-corrected chi connectivity index (χ4v) is 2.59. The van der Waals surface area contributed by atoms with E-state index in [0.717, 1.165) is 21.6 Å². The van der Waals surface area contributed by atoms with Crippen molar-refractivity contribution >= 4 is 33.5 Å². The standard InChI is InChI=1S/C6H12N2O4S2.2Na/c7-3(5(9)10)1-13-14-2-4(8)6(11)12;;/h3-4H,1-2,7-8H2,(H,9,10)(H,11,12);;/q;2*+1/p-2/t3-,4+;;. The van der Waals surface area contributed by atoms with Crippen molar-refractivity contribution in [3.63, 3.8) is 0 Å². The molecule has 0 spiro atoms. The topological polar surface area (TPSA) is 132 Å². The summed E-state index contributed by atoms with van der Waals surface area (Å²) < 4.78 is 0. The summed E-state index contributed by atoms with van der Waals surface area (Å²) >= 11 is 0. The maximum Gasteiger partial charge on any atom is 1.00 e. The van der Waals surface area contributed by atoms with Gasteiger partial charge in [-0.1, -0.05) is 21.6 Å². The molecular formula is C6H10N2Na2O4S2. The van der Waals surface area contributed by atoms with Gasteiger partial charge in [0, 0.05) is 11.5 Å². The molecule has 0 aliphatic heterocycles. The molecule has 0 fully saturated rings. The Morgan fingerprint density at radius 2 is 1.19 bits per heavy atom. The maximum atomic E-state index is 10.1. The molecule has 0 aromatic rings. The molecule has 4 N–H and O–H groups in total. The quantitative estimate of drug-likeness (QED) is 0.267. The van der Waals surface area contributed by atoms with E-state index in [9.17, 15) is 19.8 Å². The Morgan fingerprint density at radius 1 is 0.938 bits per heavy atom. The molecule has 6 nitrogen and oxygen atoms in total. The second kappa shape index (κ2) is 13.0. The molecule has 0 aliphatic rings. The monoisotopic (exact) mass is 284 g/mol. The van der Waals surface area contributed by atoms with Gasteiger partial charge in [0.25, 0.3) is 0 Å². The van der Waals surface area contributed by atoms with Crippen LogP contribution in [0.3, 0.4) is 0 Å². The zero-order valence-electron chi connectivity index (χ0n) is 9.17. The summed E-state index contributed by atoms with van der Waals surface area (Å²) in [6, 6.07) is -2.10. The van der Waals surface area contributed by atoms with E-state index in [1.807, 2.05) is 0 Å². The van der Waals surface area contributed by atoms with Gasteiger partial charge in [-0.15, -0.1) is 0 Å². The minimum atomic E-state index is -1.33. The summed E-state index contributed by atoms with van der Waals surface area (Å²) in [6.07, 6.45) is 0. The van der Waals surface area contributed by atoms with Crippen LogP contribution in [0.2, 0.25) is 0 Å². The largest absolute Gasteiger partial charge is 1.00 e. The van der Waals surface area contributed by atoms with Crippen molar-refractivity contribution in [3.8, 4) is 0 Å². The summed E-state index contributed by atoms with van der Waals surface area (Å²) in [5.41, 5.74) is 10.3. The molecule has 0 aromatic heterocycles. The molecule has 0 aliphatic carbocycles. The minimum Gasteiger partial charge on any atom is -0.548 e. The van der Waals surface area contributed by atoms with Crippen LogP contribution in [0.4, 0.5) is 0 Å². The molecule has 0 rings (SSSR count). The molecule has 0 amide bonds. The van der Waals surface area contributed by atoms with Crippen LogP contribution in [-0.2, 0) is 9.59 Å². The van der Waals surface area contributed by atoms with Crippen molar-refractivity contribution < 1.29 is 78.9 Å². The number of carbonyl (C=O) groups is 2. The van der Waals surface area contributed by atoms with Crippen LogP contribution in [0.25, 0.3) is 0 Å². The van der Waals surface area contributed by atoms with Crippen molar-refractivity contribution in [1.29, 1.82) is 0 Å². The van der Waals surface area contributed by atoms with E-state index < -0.39 is 24.0 Å². The zero-order chi connectivity index (χ0) is 11.1. The minimum absolute atomic E-state index is 0. The van der Waals surface area contributed by atoms with E-state index >= 15 is 0 Å². The third-order valence-corrected chi connectivity index (χ3v) is 3.66. The fraction of sp³-hybridized carbons (Fsp3) is 0.667. The maximum absolute atomic E-state index is 10.1. The first kappa shape index (κ1) is 22.7. The number of carboxylic acids is 2. The number of hydrogen-bond donors (Lipinski definition) is 2. The van der Waals surface area contributed by atoms with E-state index in [2.05, 4.69) is 0 Å². The third-order valence-electron chi connectivity index (χ3n) is 1.18. The number of carboxylic acid groups (broad SMARTS) is 2. The number of nitrogens with two attached hydrogens (primary N) is 2. The first-order valence-corrected chi connectivity index (χ1v) is 6.11. The molecule has 0 bridgehead atoms. The van der Waals surface area contributed by atoms with Crippen molar-refractivity contribution in [3.05, 3.63) is 0 Å². The van der Waals surface area contributed by atoms with E-state index in [0.29, 0.717) is 0 Å². The summed E-state index contributed by atoms with van der Waals surface area (Å²) in [5.74, 6) is -2.37.